The van der Waals surface area contributed by atoms with Gasteiger partial charge in [-0.1, -0.05) is 0 Å². The minimum atomic E-state index is -0.666. The molecule has 0 aromatic heterocycles. The highest BCUT2D eigenvalue weighted by atomic mass is 19.1. The number of nitriles is 1. The zero-order valence-corrected chi connectivity index (χ0v) is 13.1. The maximum absolute atomic E-state index is 14.1. The lowest BCUT2D eigenvalue weighted by Crippen LogP contribution is -2.41. The second kappa shape index (κ2) is 4.77. The van der Waals surface area contributed by atoms with Gasteiger partial charge in [0.25, 0.3) is 0 Å². The topological polar surface area (TPSA) is 42.2 Å². The van der Waals surface area contributed by atoms with Gasteiger partial charge in [-0.15, -0.1) is 0 Å². The van der Waals surface area contributed by atoms with Crippen LogP contribution >= 0.6 is 0 Å². The van der Waals surface area contributed by atoms with Gasteiger partial charge in [-0.3, -0.25) is 0 Å². The van der Waals surface area contributed by atoms with Crippen molar-refractivity contribution in [1.29, 1.82) is 5.26 Å². The van der Waals surface area contributed by atoms with Crippen molar-refractivity contribution in [3.8, 4) is 6.07 Å². The Morgan fingerprint density at radius 2 is 1.64 bits per heavy atom. The fourth-order valence-corrected chi connectivity index (χ4v) is 2.91. The number of benzene rings is 1. The average Bonchev–Trinajstić information content (AvgIpc) is 3.12. The molecule has 2 aliphatic rings. The van der Waals surface area contributed by atoms with E-state index in [1.807, 2.05) is 27.7 Å². The van der Waals surface area contributed by atoms with Crippen LogP contribution in [0.3, 0.4) is 0 Å². The van der Waals surface area contributed by atoms with Gasteiger partial charge in [0, 0.05) is 11.4 Å². The van der Waals surface area contributed by atoms with Gasteiger partial charge in [0.05, 0.1) is 22.8 Å². The summed E-state index contributed by atoms with van der Waals surface area (Å²) in [5.41, 5.74) is -0.871. The molecule has 6 heteroatoms. The van der Waals surface area contributed by atoms with Crippen LogP contribution in [0.2, 0.25) is 5.82 Å². The van der Waals surface area contributed by atoms with Crippen LogP contribution in [0, 0.1) is 23.0 Å². The summed E-state index contributed by atoms with van der Waals surface area (Å²) >= 11 is 0. The predicted molar refractivity (Wildman–Crippen MR) is 78.3 cm³/mol. The third kappa shape index (κ3) is 2.33. The van der Waals surface area contributed by atoms with E-state index in [4.69, 9.17) is 14.6 Å². The van der Waals surface area contributed by atoms with Gasteiger partial charge in [0.1, 0.15) is 11.6 Å². The summed E-state index contributed by atoms with van der Waals surface area (Å²) in [4.78, 5) is 0. The summed E-state index contributed by atoms with van der Waals surface area (Å²) < 4.78 is 40.1. The molecular formula is C16H18BF2NO2. The van der Waals surface area contributed by atoms with E-state index >= 15 is 0 Å². The molecule has 0 bridgehead atoms. The Morgan fingerprint density at radius 1 is 1.14 bits per heavy atom. The molecule has 0 radical (unpaired) electrons. The Hall–Kier alpha value is -1.45. The molecule has 1 saturated carbocycles. The quantitative estimate of drug-likeness (QED) is 0.781. The van der Waals surface area contributed by atoms with E-state index in [0.717, 1.165) is 12.1 Å². The number of hydrogen-bond acceptors (Lipinski definition) is 3. The van der Waals surface area contributed by atoms with E-state index in [2.05, 4.69) is 0 Å². The molecule has 1 aliphatic carbocycles. The maximum atomic E-state index is 14.1. The smallest absolute Gasteiger partial charge is 0.403 e. The van der Waals surface area contributed by atoms with Gasteiger partial charge >= 0.3 is 7.12 Å². The third-order valence-corrected chi connectivity index (χ3v) is 5.04. The van der Waals surface area contributed by atoms with Crippen molar-refractivity contribution >= 4 is 7.12 Å². The zero-order chi connectivity index (χ0) is 16.3. The van der Waals surface area contributed by atoms with Crippen LogP contribution < -0.4 is 0 Å². The molecule has 0 unspecified atom stereocenters. The van der Waals surface area contributed by atoms with Crippen LogP contribution in [0.4, 0.5) is 8.78 Å². The van der Waals surface area contributed by atoms with Crippen LogP contribution in [-0.2, 0) is 9.31 Å². The SMILES string of the molecule is CC1(C)OB([C@H]2C[C@@H]2c2c(F)cc(C#N)cc2F)OC1(C)C. The van der Waals surface area contributed by atoms with Crippen LogP contribution in [0.5, 0.6) is 0 Å². The molecule has 1 heterocycles. The van der Waals surface area contributed by atoms with Crippen molar-refractivity contribution in [2.45, 2.75) is 57.1 Å². The summed E-state index contributed by atoms with van der Waals surface area (Å²) in [7, 11) is -0.454. The fraction of sp³-hybridized carbons (Fsp3) is 0.562. The Morgan fingerprint density at radius 3 is 2.09 bits per heavy atom. The van der Waals surface area contributed by atoms with Crippen molar-refractivity contribution in [3.05, 3.63) is 34.9 Å². The Bertz CT molecular complexity index is 630. The van der Waals surface area contributed by atoms with E-state index in [1.165, 1.54) is 0 Å². The highest BCUT2D eigenvalue weighted by molar-refractivity contribution is 6.49. The summed E-state index contributed by atoms with van der Waals surface area (Å²) in [5.74, 6) is -1.65. The standard InChI is InChI=1S/C16H18BF2NO2/c1-15(2)16(3,4)22-17(21-15)11-7-10(11)14-12(18)5-9(8-20)6-13(14)19/h5-6,10-11H,7H2,1-4H3/t10-,11-/m0/s1. The summed E-state index contributed by atoms with van der Waals surface area (Å²) in [5, 5.41) is 8.75. The van der Waals surface area contributed by atoms with Crippen molar-refractivity contribution < 1.29 is 18.1 Å². The van der Waals surface area contributed by atoms with Gasteiger partial charge in [-0.2, -0.15) is 5.26 Å². The lowest BCUT2D eigenvalue weighted by Gasteiger charge is -2.32. The molecule has 0 N–H and O–H groups in total. The molecule has 3 rings (SSSR count). The van der Waals surface area contributed by atoms with E-state index < -0.39 is 30.0 Å². The molecule has 1 aromatic carbocycles. The first-order valence-electron chi connectivity index (χ1n) is 7.41. The van der Waals surface area contributed by atoms with E-state index in [0.29, 0.717) is 6.42 Å². The van der Waals surface area contributed by atoms with Gasteiger partial charge in [0.2, 0.25) is 0 Å². The summed E-state index contributed by atoms with van der Waals surface area (Å²) in [6, 6.07) is 3.92. The molecule has 22 heavy (non-hydrogen) atoms. The number of rotatable bonds is 2. The van der Waals surface area contributed by atoms with Crippen molar-refractivity contribution in [2.75, 3.05) is 0 Å². The Balaban J connectivity index is 1.81. The molecular weight excluding hydrogens is 287 g/mol. The number of nitrogens with zero attached hydrogens (tertiary/aromatic N) is 1. The van der Waals surface area contributed by atoms with E-state index in [1.54, 1.807) is 6.07 Å². The fourth-order valence-electron chi connectivity index (χ4n) is 2.91. The zero-order valence-electron chi connectivity index (χ0n) is 13.1. The second-order valence-corrected chi connectivity index (χ2v) is 7.10. The van der Waals surface area contributed by atoms with Crippen LogP contribution in [-0.4, -0.2) is 18.3 Å². The summed E-state index contributed by atoms with van der Waals surface area (Å²) in [6.07, 6.45) is 0.622. The molecule has 2 fully saturated rings. The first-order valence-corrected chi connectivity index (χ1v) is 7.41. The van der Waals surface area contributed by atoms with Crippen LogP contribution in [0.25, 0.3) is 0 Å². The molecule has 0 amide bonds. The highest BCUT2D eigenvalue weighted by Gasteiger charge is 2.60. The van der Waals surface area contributed by atoms with E-state index in [9.17, 15) is 8.78 Å². The normalized spacial score (nSPS) is 28.5. The number of hydrogen-bond donors (Lipinski definition) is 0. The minimum absolute atomic E-state index is 0.00779. The van der Waals surface area contributed by atoms with Crippen molar-refractivity contribution in [3.63, 3.8) is 0 Å². The van der Waals surface area contributed by atoms with Crippen molar-refractivity contribution in [2.24, 2.45) is 0 Å². The highest BCUT2D eigenvalue weighted by Crippen LogP contribution is 2.59. The average molecular weight is 305 g/mol. The minimum Gasteiger partial charge on any atom is -0.403 e. The van der Waals surface area contributed by atoms with Gasteiger partial charge < -0.3 is 9.31 Å². The van der Waals surface area contributed by atoms with Crippen LogP contribution in [0.15, 0.2) is 12.1 Å². The first kappa shape index (κ1) is 15.5. The second-order valence-electron chi connectivity index (χ2n) is 7.10. The summed E-state index contributed by atoms with van der Waals surface area (Å²) in [6.45, 7) is 7.81. The molecule has 0 spiro atoms. The van der Waals surface area contributed by atoms with E-state index in [-0.39, 0.29) is 22.9 Å². The molecule has 116 valence electrons. The largest absolute Gasteiger partial charge is 0.461 e. The monoisotopic (exact) mass is 305 g/mol. The predicted octanol–water partition coefficient (Wildman–Crippen LogP) is 3.79. The van der Waals surface area contributed by atoms with Crippen molar-refractivity contribution in [1.82, 2.24) is 0 Å². The molecule has 1 aromatic rings. The van der Waals surface area contributed by atoms with Gasteiger partial charge in [-0.05, 0) is 52.2 Å². The molecule has 2 atom stereocenters. The first-order chi connectivity index (χ1) is 10.2. The lowest BCUT2D eigenvalue weighted by atomic mass is 9.79. The molecule has 1 aliphatic heterocycles. The lowest BCUT2D eigenvalue weighted by molar-refractivity contribution is 0.00578. The third-order valence-electron chi connectivity index (χ3n) is 5.04. The Kier molecular flexibility index (Phi) is 3.35. The maximum Gasteiger partial charge on any atom is 0.461 e. The Labute approximate surface area is 129 Å². The van der Waals surface area contributed by atoms with Gasteiger partial charge in [-0.25, -0.2) is 8.78 Å². The molecule has 3 nitrogen and oxygen atoms in total. The van der Waals surface area contributed by atoms with Crippen LogP contribution in [0.1, 0.15) is 51.2 Å². The molecule has 1 saturated heterocycles. The van der Waals surface area contributed by atoms with Gasteiger partial charge in [0.15, 0.2) is 0 Å². The number of halogens is 2.